The van der Waals surface area contributed by atoms with Crippen molar-refractivity contribution in [1.82, 2.24) is 0 Å². The first-order chi connectivity index (χ1) is 8.72. The molecule has 0 aromatic heterocycles. The molecule has 2 saturated heterocycles. The number of nitrogens with zero attached hydrogens (tertiary/aromatic N) is 1. The SMILES string of the molecule is CC1(C#N)OOC(CCCCCC2OCOO2)O1. The van der Waals surface area contributed by atoms with Crippen LogP contribution in [0.1, 0.15) is 39.0 Å². The molecule has 0 spiro atoms. The molecule has 2 fully saturated rings. The highest BCUT2D eigenvalue weighted by Crippen LogP contribution is 2.26. The van der Waals surface area contributed by atoms with E-state index in [4.69, 9.17) is 29.4 Å². The first-order valence-electron chi connectivity index (χ1n) is 6.05. The van der Waals surface area contributed by atoms with Crippen LogP contribution in [0.15, 0.2) is 0 Å². The minimum Gasteiger partial charge on any atom is -0.320 e. The van der Waals surface area contributed by atoms with Gasteiger partial charge in [-0.1, -0.05) is 6.42 Å². The first-order valence-corrected chi connectivity index (χ1v) is 6.05. The molecule has 0 N–H and O–H groups in total. The molecule has 3 unspecified atom stereocenters. The molecule has 3 atom stereocenters. The monoisotopic (exact) mass is 259 g/mol. The summed E-state index contributed by atoms with van der Waals surface area (Å²) in [6, 6.07) is 1.89. The lowest BCUT2D eigenvalue weighted by Crippen LogP contribution is -2.23. The number of rotatable bonds is 6. The van der Waals surface area contributed by atoms with E-state index in [0.29, 0.717) is 6.42 Å². The van der Waals surface area contributed by atoms with Crippen molar-refractivity contribution in [2.24, 2.45) is 0 Å². The molecule has 7 heteroatoms. The summed E-state index contributed by atoms with van der Waals surface area (Å²) in [5, 5.41) is 8.75. The second-order valence-electron chi connectivity index (χ2n) is 4.35. The second-order valence-corrected chi connectivity index (χ2v) is 4.35. The molecular weight excluding hydrogens is 242 g/mol. The summed E-state index contributed by atoms with van der Waals surface area (Å²) in [5.41, 5.74) is 0. The quantitative estimate of drug-likeness (QED) is 0.531. The van der Waals surface area contributed by atoms with Crippen LogP contribution in [0.2, 0.25) is 0 Å². The van der Waals surface area contributed by atoms with Gasteiger partial charge < -0.3 is 9.47 Å². The van der Waals surface area contributed by atoms with E-state index in [1.807, 2.05) is 6.07 Å². The van der Waals surface area contributed by atoms with Crippen molar-refractivity contribution in [3.05, 3.63) is 0 Å². The zero-order valence-corrected chi connectivity index (χ0v) is 10.3. The van der Waals surface area contributed by atoms with Gasteiger partial charge in [-0.05, 0) is 12.8 Å². The lowest BCUT2D eigenvalue weighted by atomic mass is 10.1. The Morgan fingerprint density at radius 3 is 2.56 bits per heavy atom. The zero-order chi connectivity index (χ0) is 12.8. The zero-order valence-electron chi connectivity index (χ0n) is 10.3. The third-order valence-electron chi connectivity index (χ3n) is 2.73. The highest BCUT2D eigenvalue weighted by molar-refractivity contribution is 4.90. The number of hydrogen-bond acceptors (Lipinski definition) is 7. The molecule has 0 saturated carbocycles. The summed E-state index contributed by atoms with van der Waals surface area (Å²) in [6.07, 6.45) is 3.68. The van der Waals surface area contributed by atoms with Crippen LogP contribution in [0.3, 0.4) is 0 Å². The number of unbranched alkanes of at least 4 members (excludes halogenated alkanes) is 2. The molecule has 7 nitrogen and oxygen atoms in total. The van der Waals surface area contributed by atoms with Crippen LogP contribution in [0.4, 0.5) is 0 Å². The average Bonchev–Trinajstić information content (AvgIpc) is 3.00. The van der Waals surface area contributed by atoms with E-state index in [1.54, 1.807) is 0 Å². The van der Waals surface area contributed by atoms with Crippen molar-refractivity contribution in [2.75, 3.05) is 6.79 Å². The van der Waals surface area contributed by atoms with E-state index in [2.05, 4.69) is 4.89 Å². The predicted octanol–water partition coefficient (Wildman–Crippen LogP) is 1.74. The Labute approximate surface area is 105 Å². The summed E-state index contributed by atoms with van der Waals surface area (Å²) in [5.74, 6) is -1.27. The van der Waals surface area contributed by atoms with Crippen LogP contribution in [0.5, 0.6) is 0 Å². The van der Waals surface area contributed by atoms with Crippen molar-refractivity contribution in [2.45, 2.75) is 57.4 Å². The Bertz CT molecular complexity index is 300. The Kier molecular flexibility index (Phi) is 4.88. The Balaban J connectivity index is 1.50. The van der Waals surface area contributed by atoms with Crippen molar-refractivity contribution >= 4 is 0 Å². The summed E-state index contributed by atoms with van der Waals surface area (Å²) >= 11 is 0. The van der Waals surface area contributed by atoms with Gasteiger partial charge in [-0.15, -0.1) is 0 Å². The molecule has 18 heavy (non-hydrogen) atoms. The third-order valence-corrected chi connectivity index (χ3v) is 2.73. The molecule has 2 aliphatic rings. The fourth-order valence-corrected chi connectivity index (χ4v) is 1.75. The van der Waals surface area contributed by atoms with Crippen LogP contribution in [-0.2, 0) is 29.0 Å². The Hall–Kier alpha value is -0.750. The third kappa shape index (κ3) is 3.88. The highest BCUT2D eigenvalue weighted by Gasteiger charge is 2.39. The van der Waals surface area contributed by atoms with Gasteiger partial charge in [-0.3, -0.25) is 0 Å². The van der Waals surface area contributed by atoms with E-state index in [-0.39, 0.29) is 13.1 Å². The molecule has 0 aliphatic carbocycles. The van der Waals surface area contributed by atoms with Crippen LogP contribution in [-0.4, -0.2) is 25.2 Å². The van der Waals surface area contributed by atoms with Crippen molar-refractivity contribution in [3.8, 4) is 6.07 Å². The number of ether oxygens (including phenoxy) is 2. The van der Waals surface area contributed by atoms with E-state index in [0.717, 1.165) is 25.7 Å². The lowest BCUT2D eigenvalue weighted by molar-refractivity contribution is -0.311. The topological polar surface area (TPSA) is 79.2 Å². The fraction of sp³-hybridized carbons (Fsp3) is 0.909. The molecule has 0 radical (unpaired) electrons. The number of nitriles is 1. The highest BCUT2D eigenvalue weighted by atomic mass is 17.3. The summed E-state index contributed by atoms with van der Waals surface area (Å²) in [6.45, 7) is 1.74. The second kappa shape index (κ2) is 6.43. The normalized spacial score (nSPS) is 35.8. The largest absolute Gasteiger partial charge is 0.320 e. The average molecular weight is 259 g/mol. The van der Waals surface area contributed by atoms with Crippen molar-refractivity contribution in [3.63, 3.8) is 0 Å². The molecule has 102 valence electrons. The van der Waals surface area contributed by atoms with Gasteiger partial charge in [-0.25, -0.2) is 14.7 Å². The molecular formula is C11H17NO6. The summed E-state index contributed by atoms with van der Waals surface area (Å²) in [7, 11) is 0. The molecule has 2 heterocycles. The van der Waals surface area contributed by atoms with Crippen molar-refractivity contribution in [1.29, 1.82) is 5.26 Å². The Morgan fingerprint density at radius 2 is 1.94 bits per heavy atom. The summed E-state index contributed by atoms with van der Waals surface area (Å²) < 4.78 is 10.4. The smallest absolute Gasteiger partial charge is 0.288 e. The van der Waals surface area contributed by atoms with Gasteiger partial charge in [0.15, 0.2) is 19.4 Å². The van der Waals surface area contributed by atoms with E-state index in [9.17, 15) is 0 Å². The maximum atomic E-state index is 8.75. The van der Waals surface area contributed by atoms with Gasteiger partial charge in [-0.2, -0.15) is 10.1 Å². The van der Waals surface area contributed by atoms with Crippen LogP contribution >= 0.6 is 0 Å². The van der Waals surface area contributed by atoms with Crippen LogP contribution in [0.25, 0.3) is 0 Å². The van der Waals surface area contributed by atoms with E-state index < -0.39 is 12.1 Å². The molecule has 2 rings (SSSR count). The van der Waals surface area contributed by atoms with Gasteiger partial charge in [0.2, 0.25) is 0 Å². The minimum absolute atomic E-state index is 0.207. The molecule has 2 aliphatic heterocycles. The van der Waals surface area contributed by atoms with Gasteiger partial charge in [0.1, 0.15) is 6.07 Å². The molecule has 0 amide bonds. The van der Waals surface area contributed by atoms with Crippen molar-refractivity contribution < 1.29 is 29.0 Å². The molecule has 0 aromatic carbocycles. The van der Waals surface area contributed by atoms with Crippen LogP contribution < -0.4 is 0 Å². The molecule has 0 aromatic rings. The predicted molar refractivity (Wildman–Crippen MR) is 56.1 cm³/mol. The van der Waals surface area contributed by atoms with Crippen LogP contribution in [0, 0.1) is 11.3 Å². The maximum Gasteiger partial charge on any atom is 0.288 e. The first kappa shape index (κ1) is 13.7. The van der Waals surface area contributed by atoms with Gasteiger partial charge in [0.05, 0.1) is 0 Å². The Morgan fingerprint density at radius 1 is 1.17 bits per heavy atom. The molecule has 0 bridgehead atoms. The lowest BCUT2D eigenvalue weighted by Gasteiger charge is -2.10. The number of hydrogen-bond donors (Lipinski definition) is 0. The van der Waals surface area contributed by atoms with Gasteiger partial charge >= 0.3 is 0 Å². The fourth-order valence-electron chi connectivity index (χ4n) is 1.75. The standard InChI is InChI=1S/C11H17NO6/c1-11(7-12)15-10(17-18-11)6-4-2-3-5-9-13-8-14-16-9/h9-10H,2-6,8H2,1H3. The van der Waals surface area contributed by atoms with Gasteiger partial charge in [0, 0.05) is 19.8 Å². The van der Waals surface area contributed by atoms with E-state index in [1.165, 1.54) is 6.92 Å². The van der Waals surface area contributed by atoms with Gasteiger partial charge in [0.25, 0.3) is 5.79 Å². The maximum absolute atomic E-state index is 8.75. The summed E-state index contributed by atoms with van der Waals surface area (Å²) in [4.78, 5) is 19.2. The minimum atomic E-state index is -1.27. The van der Waals surface area contributed by atoms with E-state index >= 15 is 0 Å².